The molecule has 7 nitrogen and oxygen atoms in total. The third kappa shape index (κ3) is 5.98. The zero-order chi connectivity index (χ0) is 44.2. The maximum Gasteiger partial charge on any atom is 2.00 e. The Morgan fingerprint density at radius 2 is 0.897 bits per heavy atom. The summed E-state index contributed by atoms with van der Waals surface area (Å²) in [5.74, 6) is -0.123. The molecule has 0 saturated carbocycles. The summed E-state index contributed by atoms with van der Waals surface area (Å²) in [6, 6.07) is 57.8. The van der Waals surface area contributed by atoms with Gasteiger partial charge in [0.1, 0.15) is 0 Å². The molecule has 10 aromatic rings. The van der Waals surface area contributed by atoms with Crippen LogP contribution >= 0.6 is 0 Å². The minimum atomic E-state index is -0.123. The van der Waals surface area contributed by atoms with Crippen LogP contribution < -0.4 is 15.4 Å². The van der Waals surface area contributed by atoms with E-state index in [2.05, 4.69) is 127 Å². The van der Waals surface area contributed by atoms with Crippen LogP contribution in [0, 0.1) is 0 Å². The van der Waals surface area contributed by atoms with E-state index in [-0.39, 0.29) is 22.4 Å². The van der Waals surface area contributed by atoms with Crippen molar-refractivity contribution in [2.45, 2.75) is 0 Å². The van der Waals surface area contributed by atoms with Crippen LogP contribution in [0.3, 0.4) is 0 Å². The van der Waals surface area contributed by atoms with Crippen LogP contribution in [0.4, 0.5) is 0 Å². The molecule has 0 spiro atoms. The summed E-state index contributed by atoms with van der Waals surface area (Å²) >= 11 is 0. The summed E-state index contributed by atoms with van der Waals surface area (Å²) in [7, 11) is 0. The molecule has 0 fully saturated rings. The normalized spacial score (nSPS) is 15.5. The van der Waals surface area contributed by atoms with Gasteiger partial charge in [0.05, 0.1) is 45.3 Å². The topological polar surface area (TPSA) is 91.5 Å². The van der Waals surface area contributed by atoms with Crippen LogP contribution in [-0.2, 0) is 16.5 Å². The first kappa shape index (κ1) is 39.6. The Morgan fingerprint density at radius 3 is 1.46 bits per heavy atom. The van der Waals surface area contributed by atoms with Crippen molar-refractivity contribution in [1.29, 1.82) is 0 Å². The van der Waals surface area contributed by atoms with Gasteiger partial charge in [-0.05, 0) is 109 Å². The Labute approximate surface area is 399 Å². The van der Waals surface area contributed by atoms with E-state index >= 15 is 0 Å². The summed E-state index contributed by atoms with van der Waals surface area (Å²) in [4.78, 5) is 27.4. The molecule has 0 atom stereocenters. The van der Waals surface area contributed by atoms with E-state index in [1.807, 2.05) is 78.9 Å². The molecule has 4 aliphatic rings. The average molecular weight is 914 g/mol. The number of fused-ring (bicyclic) bond motifs is 12. The van der Waals surface area contributed by atoms with Gasteiger partial charge in [-0.25, -0.2) is 20.0 Å². The molecule has 0 radical (unpaired) electrons. The Hall–Kier alpha value is -8.71. The predicted molar refractivity (Wildman–Crippen MR) is 271 cm³/mol. The molecule has 320 valence electrons. The fraction of sp³-hybridized carbons (Fsp3) is 0. The summed E-state index contributed by atoms with van der Waals surface area (Å²) in [5.41, 5.74) is 15.2. The second kappa shape index (κ2) is 15.4. The Morgan fingerprint density at radius 1 is 0.426 bits per heavy atom. The molecule has 0 amide bonds. The number of benzene rings is 7. The number of aliphatic imine (C=N–C) groups is 3. The second-order valence-corrected chi connectivity index (χ2v) is 17.1. The van der Waals surface area contributed by atoms with Crippen molar-refractivity contribution < 1.29 is 21.6 Å². The number of allylic oxidation sites excluding steroid dienone is 8. The smallest absolute Gasteiger partial charge is 0.875 e. The number of hydrogen-bond donors (Lipinski definition) is 0. The summed E-state index contributed by atoms with van der Waals surface area (Å²) in [5, 5.41) is 20.7. The van der Waals surface area contributed by atoms with Gasteiger partial charge in [0.2, 0.25) is 0 Å². The molecule has 0 saturated heterocycles. The van der Waals surface area contributed by atoms with Gasteiger partial charge in [0, 0.05) is 33.1 Å². The van der Waals surface area contributed by atoms with Crippen molar-refractivity contribution in [3.63, 3.8) is 0 Å². The standard InChI is InChI=1S/C60H35N6O.Ni/c67-60-43-34-41-40(33-42(43)59-64-44-25-13-23-37-24-14-26-51(54(37)44)66(59)60)57-55(38-19-9-3-10-20-38)49-31-29-47(62-49)52(35-15-5-1-6-16-35)45-27-28-46(61-45)53(36-17-7-2-8-18-36)48-30-32-50(63-48)56(58(41)65-57)39-21-11-4-12-22-39;/h1-34H,(H-,61,62,63,64,65,67);/q-1;+2/p-1. The van der Waals surface area contributed by atoms with Crippen molar-refractivity contribution in [3.8, 4) is 5.88 Å². The van der Waals surface area contributed by atoms with Crippen molar-refractivity contribution in [3.05, 3.63) is 257 Å². The number of hydrogen-bond acceptors (Lipinski definition) is 5. The van der Waals surface area contributed by atoms with Crippen LogP contribution in [0.5, 0.6) is 5.88 Å². The first-order valence-corrected chi connectivity index (χ1v) is 22.4. The van der Waals surface area contributed by atoms with Gasteiger partial charge >= 0.3 is 16.5 Å². The van der Waals surface area contributed by atoms with E-state index < -0.39 is 0 Å². The van der Waals surface area contributed by atoms with Crippen molar-refractivity contribution in [1.82, 2.24) is 14.4 Å². The second-order valence-electron chi connectivity index (χ2n) is 17.1. The molecule has 14 rings (SSSR count). The van der Waals surface area contributed by atoms with Crippen LogP contribution in [0.15, 0.2) is 238 Å². The van der Waals surface area contributed by atoms with Crippen molar-refractivity contribution in [2.75, 3.05) is 0 Å². The molecular formula is C60H34N6NiO. The summed E-state index contributed by atoms with van der Waals surface area (Å²) < 4.78 is 1.79. The summed E-state index contributed by atoms with van der Waals surface area (Å²) in [6.07, 6.45) is 12.5. The first-order valence-electron chi connectivity index (χ1n) is 22.4. The minimum Gasteiger partial charge on any atom is -0.875 e. The maximum absolute atomic E-state index is 15.0. The van der Waals surface area contributed by atoms with E-state index in [1.54, 1.807) is 4.40 Å². The Kier molecular flexibility index (Phi) is 9.01. The quantitative estimate of drug-likeness (QED) is 0.165. The average Bonchev–Trinajstić information content (AvgIpc) is 4.25. The van der Waals surface area contributed by atoms with Gasteiger partial charge in [0.25, 0.3) is 0 Å². The van der Waals surface area contributed by atoms with Gasteiger partial charge in [-0.1, -0.05) is 158 Å². The van der Waals surface area contributed by atoms with Crippen LogP contribution in [0.1, 0.15) is 27.9 Å². The molecule has 8 heteroatoms. The maximum atomic E-state index is 15.0. The molecule has 68 heavy (non-hydrogen) atoms. The molecule has 0 unspecified atom stereocenters. The fourth-order valence-electron chi connectivity index (χ4n) is 10.3. The van der Waals surface area contributed by atoms with E-state index in [9.17, 15) is 5.11 Å². The van der Waals surface area contributed by atoms with E-state index in [1.165, 1.54) is 0 Å². The van der Waals surface area contributed by atoms with Gasteiger partial charge in [-0.2, -0.15) is 0 Å². The molecule has 7 aromatic carbocycles. The van der Waals surface area contributed by atoms with Crippen LogP contribution in [0.25, 0.3) is 71.3 Å². The number of nitrogens with zero attached hydrogens (tertiary/aromatic N) is 6. The van der Waals surface area contributed by atoms with E-state index in [4.69, 9.17) is 24.9 Å². The zero-order valence-corrected chi connectivity index (χ0v) is 37.0. The van der Waals surface area contributed by atoms with Gasteiger partial charge in [-0.15, -0.1) is 5.88 Å². The molecule has 4 aliphatic heterocycles. The van der Waals surface area contributed by atoms with Gasteiger partial charge in [-0.3, -0.25) is 0 Å². The first-order chi connectivity index (χ1) is 33.1. The van der Waals surface area contributed by atoms with Crippen LogP contribution in [0.2, 0.25) is 0 Å². The SMILES string of the molecule is [Ni+2].[O-]c1c2cc3c4nc(c3cc2c2[n-]c3cccc5cccc(c53)n12)C(c1ccccc1)=C1C=CC(=N1)C(c1ccccc1)=C1C=CC(=N1)C(c1ccccc1)=C1C=CC(=N1)C=4c1ccccc1. The third-order valence-electron chi connectivity index (χ3n) is 13.3. The number of rotatable bonds is 4. The third-order valence-corrected chi connectivity index (χ3v) is 13.3. The largest absolute Gasteiger partial charge is 2.00 e. The molecule has 0 N–H and O–H groups in total. The summed E-state index contributed by atoms with van der Waals surface area (Å²) in [6.45, 7) is 0. The van der Waals surface area contributed by atoms with Crippen molar-refractivity contribution >= 4 is 88.4 Å². The van der Waals surface area contributed by atoms with Crippen molar-refractivity contribution in [2.24, 2.45) is 15.0 Å². The molecular weight excluding hydrogens is 879 g/mol. The number of aromatic nitrogens is 3. The minimum absolute atomic E-state index is 0. The van der Waals surface area contributed by atoms with E-state index in [0.717, 1.165) is 122 Å². The molecule has 0 aliphatic carbocycles. The van der Waals surface area contributed by atoms with Gasteiger partial charge in [0.15, 0.2) is 0 Å². The predicted octanol–water partition coefficient (Wildman–Crippen LogP) is 11.5. The van der Waals surface area contributed by atoms with Gasteiger partial charge < -0.3 is 14.5 Å². The fourth-order valence-corrected chi connectivity index (χ4v) is 10.3. The Bertz CT molecular complexity index is 4160. The molecule has 3 aromatic heterocycles. The zero-order valence-electron chi connectivity index (χ0n) is 36.0. The molecule has 7 heterocycles. The molecule has 8 bridgehead atoms. The monoisotopic (exact) mass is 912 g/mol. The van der Waals surface area contributed by atoms with Crippen LogP contribution in [-0.4, -0.2) is 26.5 Å². The Balaban J connectivity index is 0.00000457. The van der Waals surface area contributed by atoms with E-state index in [0.29, 0.717) is 16.4 Å².